The summed E-state index contributed by atoms with van der Waals surface area (Å²) in [7, 11) is 0. The summed E-state index contributed by atoms with van der Waals surface area (Å²) in [5.41, 5.74) is 0.937. The topological polar surface area (TPSA) is 38.3 Å². The quantitative estimate of drug-likeness (QED) is 0.837. The van der Waals surface area contributed by atoms with Gasteiger partial charge in [-0.25, -0.2) is 0 Å². The predicted molar refractivity (Wildman–Crippen MR) is 70.1 cm³/mol. The minimum atomic E-state index is -0.228. The Kier molecular flexibility index (Phi) is 4.03. The number of rotatable bonds is 4. The van der Waals surface area contributed by atoms with Crippen LogP contribution in [0.3, 0.4) is 0 Å². The lowest BCUT2D eigenvalue weighted by Gasteiger charge is -2.07. The first-order valence-corrected chi connectivity index (χ1v) is 7.12. The molecule has 3 nitrogen and oxygen atoms in total. The van der Waals surface area contributed by atoms with Gasteiger partial charge in [0.1, 0.15) is 6.54 Å². The molecule has 0 saturated carbocycles. The van der Waals surface area contributed by atoms with Gasteiger partial charge in [0.25, 0.3) is 5.97 Å². The van der Waals surface area contributed by atoms with Crippen molar-refractivity contribution in [3.63, 3.8) is 0 Å². The van der Waals surface area contributed by atoms with Crippen molar-refractivity contribution in [2.24, 2.45) is 0 Å². The Morgan fingerprint density at radius 2 is 2.00 bits per heavy atom. The van der Waals surface area contributed by atoms with E-state index in [2.05, 4.69) is 17.4 Å². The van der Waals surface area contributed by atoms with E-state index in [0.29, 0.717) is 0 Å². The van der Waals surface area contributed by atoms with Crippen molar-refractivity contribution in [2.45, 2.75) is 5.79 Å². The zero-order valence-corrected chi connectivity index (χ0v) is 10.8. The van der Waals surface area contributed by atoms with Crippen molar-refractivity contribution in [1.82, 2.24) is 0 Å². The number of fused-ring (bicyclic) bond motifs is 1. The third kappa shape index (κ3) is 3.23. The van der Waals surface area contributed by atoms with Gasteiger partial charge in [-0.1, -0.05) is 36.1 Å². The van der Waals surface area contributed by atoms with E-state index in [1.54, 1.807) is 0 Å². The van der Waals surface area contributed by atoms with Gasteiger partial charge in [-0.3, -0.25) is 4.79 Å². The van der Waals surface area contributed by atoms with Gasteiger partial charge in [-0.15, -0.1) is 0 Å². The smallest absolute Gasteiger partial charge is 0.522 e. The van der Waals surface area contributed by atoms with Crippen molar-refractivity contribution < 1.29 is 8.58 Å². The van der Waals surface area contributed by atoms with E-state index in [1.165, 1.54) is 5.39 Å². The second-order valence-electron chi connectivity index (χ2n) is 3.64. The first-order chi connectivity index (χ1) is 8.29. The molecule has 4 heteroatoms. The summed E-state index contributed by atoms with van der Waals surface area (Å²) in [5, 5.41) is 5.41. The number of hydrogen-bond donors (Lipinski definition) is 1. The molecule has 0 atom stereocenters. The molecule has 0 unspecified atom stereocenters. The number of benzene rings is 2. The summed E-state index contributed by atoms with van der Waals surface area (Å²) in [6.45, 7) is 0.221. The average Bonchev–Trinajstić information content (AvgIpc) is 2.36. The standard InChI is InChI=1S/C12H11NO2.CH3.Al/c14-12(15)8-13-11-6-5-9-3-1-2-4-10(9)7-11;;/h1-7,13H,8H2,(H,14,15);1H3;/q;;+1/p-1. The summed E-state index contributed by atoms with van der Waals surface area (Å²) < 4.78 is 4.93. The molecule has 0 aromatic heterocycles. The van der Waals surface area contributed by atoms with Crippen LogP contribution in [-0.2, 0) is 8.58 Å². The molecule has 17 heavy (non-hydrogen) atoms. The molecule has 2 aromatic rings. The van der Waals surface area contributed by atoms with Crippen LogP contribution in [0.2, 0.25) is 5.79 Å². The van der Waals surface area contributed by atoms with Gasteiger partial charge < -0.3 is 9.11 Å². The Balaban J connectivity index is 2.06. The lowest BCUT2D eigenvalue weighted by molar-refractivity contribution is -0.132. The van der Waals surface area contributed by atoms with Crippen LogP contribution in [0.1, 0.15) is 0 Å². The Bertz CT molecular complexity index is 528. The molecule has 0 aliphatic rings. The summed E-state index contributed by atoms with van der Waals surface area (Å²) in [6, 6.07) is 14.2. The first kappa shape index (κ1) is 12.0. The normalized spacial score (nSPS) is 9.94. The third-order valence-electron chi connectivity index (χ3n) is 2.44. The van der Waals surface area contributed by atoms with E-state index in [1.807, 2.05) is 36.1 Å². The maximum absolute atomic E-state index is 11.2. The number of anilines is 1. The van der Waals surface area contributed by atoms with Crippen LogP contribution >= 0.6 is 0 Å². The molecule has 2 aromatic carbocycles. The third-order valence-corrected chi connectivity index (χ3v) is 2.93. The highest BCUT2D eigenvalue weighted by atomic mass is 27.1. The highest BCUT2D eigenvalue weighted by Crippen LogP contribution is 2.18. The van der Waals surface area contributed by atoms with E-state index in [0.717, 1.165) is 11.1 Å². The highest BCUT2D eigenvalue weighted by Gasteiger charge is 2.01. The van der Waals surface area contributed by atoms with Gasteiger partial charge in [0, 0.05) is 5.69 Å². The van der Waals surface area contributed by atoms with Crippen LogP contribution in [-0.4, -0.2) is 28.1 Å². The Morgan fingerprint density at radius 3 is 2.76 bits per heavy atom. The van der Waals surface area contributed by atoms with Crippen LogP contribution in [0.15, 0.2) is 42.5 Å². The number of carbonyl (C=O) groups excluding carboxylic acids is 1. The molecule has 1 N–H and O–H groups in total. The van der Waals surface area contributed by atoms with E-state index in [4.69, 9.17) is 3.79 Å². The zero-order chi connectivity index (χ0) is 12.1. The molecule has 85 valence electrons. The fourth-order valence-corrected chi connectivity index (χ4v) is 1.99. The molecular formula is C13H13AlNO2. The Labute approximate surface area is 107 Å². The molecule has 0 fully saturated rings. The van der Waals surface area contributed by atoms with Crippen molar-refractivity contribution in [3.8, 4) is 0 Å². The maximum Gasteiger partial charge on any atom is 0.522 e. The number of nitrogens with one attached hydrogen (secondary N) is 1. The molecule has 0 aliphatic heterocycles. The molecule has 0 amide bonds. The Morgan fingerprint density at radius 1 is 1.24 bits per heavy atom. The van der Waals surface area contributed by atoms with Crippen LogP contribution in [0.25, 0.3) is 10.8 Å². The van der Waals surface area contributed by atoms with Crippen LogP contribution in [0.5, 0.6) is 0 Å². The monoisotopic (exact) mass is 242 g/mol. The largest absolute Gasteiger partial charge is 0.620 e. The van der Waals surface area contributed by atoms with Crippen molar-refractivity contribution in [1.29, 1.82) is 0 Å². The molecule has 0 heterocycles. The second-order valence-corrected chi connectivity index (χ2v) is 4.35. The lowest BCUT2D eigenvalue weighted by atomic mass is 10.1. The molecule has 2 rings (SSSR count). The van der Waals surface area contributed by atoms with Crippen LogP contribution in [0.4, 0.5) is 5.69 Å². The van der Waals surface area contributed by atoms with Gasteiger partial charge in [0.2, 0.25) is 0 Å². The molecule has 0 spiro atoms. The Hall–Kier alpha value is -1.50. The van der Waals surface area contributed by atoms with Gasteiger partial charge in [0.15, 0.2) is 0 Å². The number of carbonyl (C=O) groups is 1. The highest BCUT2D eigenvalue weighted by molar-refractivity contribution is 6.28. The molecule has 0 aliphatic carbocycles. The summed E-state index contributed by atoms with van der Waals surface area (Å²) in [6.07, 6.45) is 0. The van der Waals surface area contributed by atoms with Gasteiger partial charge in [-0.2, -0.15) is 0 Å². The fourth-order valence-electron chi connectivity index (χ4n) is 1.65. The van der Waals surface area contributed by atoms with Gasteiger partial charge in [-0.05, 0) is 22.9 Å². The molecule has 0 saturated heterocycles. The van der Waals surface area contributed by atoms with E-state index < -0.39 is 0 Å². The van der Waals surface area contributed by atoms with Crippen molar-refractivity contribution in [3.05, 3.63) is 42.5 Å². The van der Waals surface area contributed by atoms with E-state index in [9.17, 15) is 4.79 Å². The maximum atomic E-state index is 11.2. The molecule has 0 bridgehead atoms. The molecule has 1 radical (unpaired) electrons. The van der Waals surface area contributed by atoms with Gasteiger partial charge >= 0.3 is 15.6 Å². The zero-order valence-electron chi connectivity index (χ0n) is 9.64. The minimum Gasteiger partial charge on any atom is -0.620 e. The average molecular weight is 242 g/mol. The lowest BCUT2D eigenvalue weighted by Crippen LogP contribution is -2.17. The van der Waals surface area contributed by atoms with Crippen LogP contribution in [0, 0.1) is 0 Å². The van der Waals surface area contributed by atoms with Crippen molar-refractivity contribution in [2.75, 3.05) is 11.9 Å². The van der Waals surface area contributed by atoms with Crippen LogP contribution < -0.4 is 5.32 Å². The second kappa shape index (κ2) is 5.72. The summed E-state index contributed by atoms with van der Waals surface area (Å²) in [5.74, 6) is 1.68. The minimum absolute atomic E-state index is 0.198. The first-order valence-electron chi connectivity index (χ1n) is 5.49. The fraction of sp³-hybridized carbons (Fsp3) is 0.154. The SMILES string of the molecule is [CH3][Al][O]C(=O)CNc1ccc2ccccc2c1. The van der Waals surface area contributed by atoms with E-state index in [-0.39, 0.29) is 28.1 Å². The summed E-state index contributed by atoms with van der Waals surface area (Å²) in [4.78, 5) is 11.2. The predicted octanol–water partition coefficient (Wildman–Crippen LogP) is 2.46. The van der Waals surface area contributed by atoms with E-state index >= 15 is 0 Å². The number of hydrogen-bond acceptors (Lipinski definition) is 3. The summed E-state index contributed by atoms with van der Waals surface area (Å²) >= 11 is -0.228. The van der Waals surface area contributed by atoms with Crippen molar-refractivity contribution >= 4 is 38.0 Å². The molecular weight excluding hydrogens is 229 g/mol. The van der Waals surface area contributed by atoms with Gasteiger partial charge in [0.05, 0.1) is 0 Å².